The van der Waals surface area contributed by atoms with E-state index < -0.39 is 5.41 Å². The predicted molar refractivity (Wildman–Crippen MR) is 282 cm³/mol. The minimum Gasteiger partial charge on any atom is -0.309 e. The molecule has 0 unspecified atom stereocenters. The smallest absolute Gasteiger partial charge is 0.164 e. The summed E-state index contributed by atoms with van der Waals surface area (Å²) in [7, 11) is 0. The molecule has 1 aliphatic rings. The van der Waals surface area contributed by atoms with E-state index in [1.807, 2.05) is 36.4 Å². The first-order chi connectivity index (χ1) is 34.2. The average Bonchev–Trinajstić information content (AvgIpc) is 4.06. The molecule has 5 nitrogen and oxygen atoms in total. The highest BCUT2D eigenvalue weighted by molar-refractivity contribution is 6.29. The normalized spacial score (nSPS) is 12.8. The number of rotatable bonds is 7. The van der Waals surface area contributed by atoms with E-state index in [4.69, 9.17) is 15.0 Å². The van der Waals surface area contributed by atoms with Crippen LogP contribution < -0.4 is 0 Å². The third-order valence-corrected chi connectivity index (χ3v) is 14.3. The van der Waals surface area contributed by atoms with Crippen LogP contribution >= 0.6 is 0 Å². The summed E-state index contributed by atoms with van der Waals surface area (Å²) in [5.41, 5.74) is 16.5. The van der Waals surface area contributed by atoms with E-state index in [1.165, 1.54) is 71.5 Å². The van der Waals surface area contributed by atoms with Gasteiger partial charge in [-0.05, 0) is 88.0 Å². The van der Waals surface area contributed by atoms with Gasteiger partial charge in [0.05, 0.1) is 27.5 Å². The summed E-state index contributed by atoms with van der Waals surface area (Å²) in [6.45, 7) is 0. The quantitative estimate of drug-likeness (QED) is 0.160. The highest BCUT2D eigenvalue weighted by Crippen LogP contribution is 2.57. The summed E-state index contributed by atoms with van der Waals surface area (Å²) in [5, 5.41) is 4.92. The van der Waals surface area contributed by atoms with Crippen molar-refractivity contribution in [3.05, 3.63) is 271 Å². The fraction of sp³-hybridized carbons (Fsp3) is 0.0156. The Morgan fingerprint density at radius 1 is 0.290 bits per heavy atom. The van der Waals surface area contributed by atoms with Crippen molar-refractivity contribution in [2.24, 2.45) is 0 Å². The lowest BCUT2D eigenvalue weighted by atomic mass is 9.67. The first-order valence-corrected chi connectivity index (χ1v) is 23.5. The van der Waals surface area contributed by atoms with Gasteiger partial charge in [0.25, 0.3) is 0 Å². The molecule has 13 aromatic rings. The summed E-state index contributed by atoms with van der Waals surface area (Å²) in [6, 6.07) is 89.5. The molecule has 0 N–H and O–H groups in total. The highest BCUT2D eigenvalue weighted by Gasteiger charge is 2.46. The molecular weight excluding hydrogens is 839 g/mol. The minimum atomic E-state index is -0.656. The molecule has 0 bridgehead atoms. The van der Waals surface area contributed by atoms with E-state index in [0.717, 1.165) is 33.6 Å². The zero-order valence-corrected chi connectivity index (χ0v) is 37.4. The van der Waals surface area contributed by atoms with Crippen molar-refractivity contribution < 1.29 is 0 Å². The van der Waals surface area contributed by atoms with Crippen molar-refractivity contribution >= 4 is 43.6 Å². The third kappa shape index (κ3) is 5.87. The Morgan fingerprint density at radius 3 is 1.22 bits per heavy atom. The van der Waals surface area contributed by atoms with E-state index in [2.05, 4.69) is 221 Å². The Morgan fingerprint density at radius 2 is 0.681 bits per heavy atom. The van der Waals surface area contributed by atoms with Gasteiger partial charge >= 0.3 is 0 Å². The number of para-hydroxylation sites is 3. The zero-order chi connectivity index (χ0) is 45.5. The molecule has 0 amide bonds. The van der Waals surface area contributed by atoms with Gasteiger partial charge < -0.3 is 9.13 Å². The molecule has 3 heterocycles. The van der Waals surface area contributed by atoms with Gasteiger partial charge in [0.15, 0.2) is 17.5 Å². The van der Waals surface area contributed by atoms with Crippen LogP contribution in [0, 0.1) is 0 Å². The molecule has 0 saturated carbocycles. The molecule has 322 valence electrons. The highest BCUT2D eigenvalue weighted by atomic mass is 15.0. The Bertz CT molecular complexity index is 4000. The molecular formula is C64H41N5. The maximum atomic E-state index is 5.11. The Kier molecular flexibility index (Phi) is 8.73. The van der Waals surface area contributed by atoms with Gasteiger partial charge in [0.1, 0.15) is 0 Å². The zero-order valence-electron chi connectivity index (χ0n) is 37.4. The molecule has 14 rings (SSSR count). The van der Waals surface area contributed by atoms with Crippen molar-refractivity contribution in [1.29, 1.82) is 0 Å². The van der Waals surface area contributed by atoms with Crippen LogP contribution in [0.2, 0.25) is 0 Å². The van der Waals surface area contributed by atoms with Crippen LogP contribution in [0.4, 0.5) is 0 Å². The van der Waals surface area contributed by atoms with Gasteiger partial charge in [0.2, 0.25) is 0 Å². The lowest BCUT2D eigenvalue weighted by Gasteiger charge is -2.34. The summed E-state index contributed by atoms with van der Waals surface area (Å²) >= 11 is 0. The number of nitrogens with zero attached hydrogens (tertiary/aromatic N) is 5. The number of benzene rings is 10. The van der Waals surface area contributed by atoms with Crippen molar-refractivity contribution in [2.75, 3.05) is 0 Å². The Balaban J connectivity index is 1.04. The van der Waals surface area contributed by atoms with Gasteiger partial charge in [-0.1, -0.05) is 194 Å². The SMILES string of the molecule is c1ccc(-c2nc(-c3ccccc3)nc(-c3ccc(C4(c5ccc6c(c5)c5c7c8ccccc8n(-c8ccccc8)c7ccc5n6-c5ccccc5)c5ccccc5-c5ccccc54)cc3)n2)cc1. The van der Waals surface area contributed by atoms with Gasteiger partial charge in [-0.15, -0.1) is 0 Å². The largest absolute Gasteiger partial charge is 0.309 e. The van der Waals surface area contributed by atoms with Crippen LogP contribution in [0.1, 0.15) is 22.3 Å². The third-order valence-electron chi connectivity index (χ3n) is 14.3. The Labute approximate surface area is 398 Å². The molecule has 69 heavy (non-hydrogen) atoms. The van der Waals surface area contributed by atoms with Gasteiger partial charge in [-0.3, -0.25) is 0 Å². The lowest BCUT2D eigenvalue weighted by molar-refractivity contribution is 0.770. The van der Waals surface area contributed by atoms with Crippen LogP contribution in [-0.2, 0) is 5.41 Å². The molecule has 5 heteroatoms. The molecule has 0 fully saturated rings. The van der Waals surface area contributed by atoms with E-state index in [9.17, 15) is 0 Å². The molecule has 0 radical (unpaired) electrons. The minimum absolute atomic E-state index is 0.629. The topological polar surface area (TPSA) is 48.5 Å². The fourth-order valence-electron chi connectivity index (χ4n) is 11.3. The summed E-state index contributed by atoms with van der Waals surface area (Å²) in [5.74, 6) is 1.91. The fourth-order valence-corrected chi connectivity index (χ4v) is 11.3. The second-order valence-electron chi connectivity index (χ2n) is 17.9. The molecule has 0 atom stereocenters. The molecule has 0 aliphatic heterocycles. The number of hydrogen-bond acceptors (Lipinski definition) is 3. The summed E-state index contributed by atoms with van der Waals surface area (Å²) in [4.78, 5) is 15.2. The number of hydrogen-bond donors (Lipinski definition) is 0. The monoisotopic (exact) mass is 879 g/mol. The van der Waals surface area contributed by atoms with E-state index in [1.54, 1.807) is 0 Å². The molecule has 0 spiro atoms. The van der Waals surface area contributed by atoms with Gasteiger partial charge in [0, 0.05) is 49.6 Å². The number of fused-ring (bicyclic) bond motifs is 10. The van der Waals surface area contributed by atoms with E-state index in [0.29, 0.717) is 17.5 Å². The number of aromatic nitrogens is 5. The standard InChI is InChI=1S/C64H41N5/c1-5-19-42(20-6-1)61-65-62(43-21-7-2-8-22-43)67-63(66-61)44-33-35-45(36-34-44)64(53-30-16-13-27-49(53)50-28-14-17-31-54(50)64)46-37-38-56-52(41-46)60-58(69(56)48-25-11-4-12-26-48)40-39-57-59(60)51-29-15-18-32-55(51)68(57)47-23-9-3-10-24-47/h1-41H. The van der Waals surface area contributed by atoms with Crippen LogP contribution in [-0.4, -0.2) is 24.1 Å². The van der Waals surface area contributed by atoms with E-state index in [-0.39, 0.29) is 0 Å². The van der Waals surface area contributed by atoms with Gasteiger partial charge in [-0.25, -0.2) is 15.0 Å². The second kappa shape index (κ2) is 15.4. The van der Waals surface area contributed by atoms with Crippen molar-refractivity contribution in [2.45, 2.75) is 5.41 Å². The van der Waals surface area contributed by atoms with Crippen molar-refractivity contribution in [1.82, 2.24) is 24.1 Å². The lowest BCUT2D eigenvalue weighted by Crippen LogP contribution is -2.28. The van der Waals surface area contributed by atoms with Crippen LogP contribution in [0.5, 0.6) is 0 Å². The van der Waals surface area contributed by atoms with Crippen LogP contribution in [0.25, 0.3) is 100 Å². The van der Waals surface area contributed by atoms with E-state index >= 15 is 0 Å². The first kappa shape index (κ1) is 39.0. The molecule has 1 aliphatic carbocycles. The van der Waals surface area contributed by atoms with Gasteiger partial charge in [-0.2, -0.15) is 0 Å². The van der Waals surface area contributed by atoms with Crippen LogP contribution in [0.15, 0.2) is 249 Å². The average molecular weight is 880 g/mol. The van der Waals surface area contributed by atoms with Crippen LogP contribution in [0.3, 0.4) is 0 Å². The summed E-state index contributed by atoms with van der Waals surface area (Å²) < 4.78 is 4.87. The first-order valence-electron chi connectivity index (χ1n) is 23.5. The predicted octanol–water partition coefficient (Wildman–Crippen LogP) is 15.4. The second-order valence-corrected chi connectivity index (χ2v) is 17.9. The summed E-state index contributed by atoms with van der Waals surface area (Å²) in [6.07, 6.45) is 0. The Hall–Kier alpha value is -9.19. The molecule has 0 saturated heterocycles. The maximum Gasteiger partial charge on any atom is 0.164 e. The molecule has 10 aromatic carbocycles. The molecule has 3 aromatic heterocycles. The van der Waals surface area contributed by atoms with Crippen molar-refractivity contribution in [3.63, 3.8) is 0 Å². The van der Waals surface area contributed by atoms with Crippen molar-refractivity contribution in [3.8, 4) is 56.7 Å². The maximum absolute atomic E-state index is 5.11.